The molecule has 4 rings (SSSR count). The molecule has 4 heterocycles. The summed E-state index contributed by atoms with van der Waals surface area (Å²) in [6, 6.07) is -1.16. The number of aliphatic hydroxyl groups excluding tert-OH is 1. The molecular weight excluding hydrogens is 610 g/mol. The van der Waals surface area contributed by atoms with Gasteiger partial charge in [0, 0.05) is 44.0 Å². The molecule has 4 aliphatic heterocycles. The van der Waals surface area contributed by atoms with E-state index in [9.17, 15) is 24.3 Å². The Morgan fingerprint density at radius 3 is 2.19 bits per heavy atom. The Morgan fingerprint density at radius 1 is 1.02 bits per heavy atom. The second-order valence-corrected chi connectivity index (χ2v) is 14.9. The van der Waals surface area contributed by atoms with Gasteiger partial charge in [0.15, 0.2) is 17.7 Å². The van der Waals surface area contributed by atoms with Gasteiger partial charge in [-0.2, -0.15) is 0 Å². The molecule has 0 aromatic rings. The second kappa shape index (κ2) is 14.4. The number of carbonyl (C=O) groups excluding carboxylic acids is 4. The van der Waals surface area contributed by atoms with Gasteiger partial charge >= 0.3 is 12.1 Å². The number of ketones is 2. The third-order valence-electron chi connectivity index (χ3n) is 11.3. The number of carbonyl (C=O) groups is 4. The molecular formula is C34H57N3O10. The molecule has 13 atom stereocenters. The van der Waals surface area contributed by atoms with Crippen LogP contribution in [-0.2, 0) is 38.1 Å². The van der Waals surface area contributed by atoms with Gasteiger partial charge in [-0.25, -0.2) is 4.79 Å². The van der Waals surface area contributed by atoms with Gasteiger partial charge in [-0.3, -0.25) is 19.3 Å². The number of hydrogen-bond acceptors (Lipinski definition) is 12. The fourth-order valence-corrected chi connectivity index (χ4v) is 8.26. The molecule has 0 spiro atoms. The van der Waals surface area contributed by atoms with Crippen molar-refractivity contribution < 1.29 is 48.0 Å². The van der Waals surface area contributed by atoms with Crippen LogP contribution in [0.15, 0.2) is 0 Å². The lowest BCUT2D eigenvalue weighted by Gasteiger charge is -2.47. The molecule has 47 heavy (non-hydrogen) atoms. The average molecular weight is 668 g/mol. The number of hydrogen-bond donors (Lipinski definition) is 2. The smallest absolute Gasteiger partial charge is 0.411 e. The molecule has 4 aliphatic rings. The predicted molar refractivity (Wildman–Crippen MR) is 171 cm³/mol. The lowest BCUT2D eigenvalue weighted by molar-refractivity contribution is -0.295. The van der Waals surface area contributed by atoms with Crippen molar-refractivity contribution in [1.29, 1.82) is 0 Å². The summed E-state index contributed by atoms with van der Waals surface area (Å²) < 4.78 is 30.8. The highest BCUT2D eigenvalue weighted by Gasteiger charge is 2.62. The van der Waals surface area contributed by atoms with Crippen LogP contribution in [0.4, 0.5) is 4.79 Å². The van der Waals surface area contributed by atoms with E-state index in [1.807, 2.05) is 39.8 Å². The zero-order valence-electron chi connectivity index (χ0n) is 30.0. The minimum Gasteiger partial charge on any atom is -0.458 e. The van der Waals surface area contributed by atoms with E-state index in [-0.39, 0.29) is 30.4 Å². The number of ether oxygens (including phenoxy) is 5. The monoisotopic (exact) mass is 667 g/mol. The summed E-state index contributed by atoms with van der Waals surface area (Å²) in [6.07, 6.45) is -3.81. The summed E-state index contributed by atoms with van der Waals surface area (Å²) >= 11 is 0. The van der Waals surface area contributed by atoms with Crippen molar-refractivity contribution in [2.75, 3.05) is 34.3 Å². The Bertz CT molecular complexity index is 1180. The number of methoxy groups -OCH3 is 1. The van der Waals surface area contributed by atoms with Gasteiger partial charge in [-0.1, -0.05) is 27.7 Å². The van der Waals surface area contributed by atoms with Crippen molar-refractivity contribution in [3.8, 4) is 0 Å². The lowest BCUT2D eigenvalue weighted by atomic mass is 9.73. The summed E-state index contributed by atoms with van der Waals surface area (Å²) in [5.74, 6) is -4.74. The molecule has 0 aromatic heterocycles. The van der Waals surface area contributed by atoms with Crippen LogP contribution in [0, 0.1) is 23.7 Å². The van der Waals surface area contributed by atoms with Crippen LogP contribution in [0.3, 0.4) is 0 Å². The summed E-state index contributed by atoms with van der Waals surface area (Å²) in [7, 11) is 5.24. The van der Waals surface area contributed by atoms with Crippen LogP contribution in [0.25, 0.3) is 0 Å². The fraction of sp³-hybridized carbons (Fsp3) is 0.882. The maximum atomic E-state index is 14.4. The number of nitrogens with zero attached hydrogens (tertiary/aromatic N) is 2. The molecule has 4 fully saturated rings. The van der Waals surface area contributed by atoms with E-state index in [0.29, 0.717) is 25.9 Å². The minimum absolute atomic E-state index is 0.125. The first-order valence-electron chi connectivity index (χ1n) is 17.1. The minimum atomic E-state index is -1.34. The van der Waals surface area contributed by atoms with E-state index in [2.05, 4.69) is 5.32 Å². The van der Waals surface area contributed by atoms with Crippen molar-refractivity contribution in [2.24, 2.45) is 23.7 Å². The maximum absolute atomic E-state index is 14.4. The standard InChI is InChI=1S/C34H57N3O10/c1-12-24-34(8)28(37(32(42)47-34)22-15-35-16-22)19(4)25(38)17(2)14-33(7,43-11)29(20(5)26(39)21(6)30(41)45-24)46-31-27(40)23(36(9)10)13-18(3)44-31/h17-24,27-29,31,35,40H,12-16H2,1-11H3/t17-,18+,19-,20+,21+,23-,24-,27-,28+,29-,31-,33?,34?/m0/s1. The van der Waals surface area contributed by atoms with Gasteiger partial charge in [0.2, 0.25) is 0 Å². The first-order valence-corrected chi connectivity index (χ1v) is 17.1. The van der Waals surface area contributed by atoms with E-state index >= 15 is 0 Å². The van der Waals surface area contributed by atoms with Crippen molar-refractivity contribution in [2.45, 2.75) is 135 Å². The number of fused-ring (bicyclic) bond motifs is 1. The molecule has 2 N–H and O–H groups in total. The Kier molecular flexibility index (Phi) is 11.5. The third kappa shape index (κ3) is 6.98. The van der Waals surface area contributed by atoms with E-state index in [1.54, 1.807) is 32.6 Å². The van der Waals surface area contributed by atoms with Crippen LogP contribution in [0.2, 0.25) is 0 Å². The van der Waals surface area contributed by atoms with Crippen LogP contribution in [-0.4, -0.2) is 133 Å². The number of Topliss-reactive ketones (excluding diaryl/α,β-unsaturated/α-hetero) is 2. The molecule has 268 valence electrons. The van der Waals surface area contributed by atoms with Gasteiger partial charge in [0.25, 0.3) is 0 Å². The number of amides is 1. The Morgan fingerprint density at radius 2 is 1.66 bits per heavy atom. The third-order valence-corrected chi connectivity index (χ3v) is 11.3. The fourth-order valence-electron chi connectivity index (χ4n) is 8.26. The molecule has 1 amide bonds. The van der Waals surface area contributed by atoms with Crippen LogP contribution in [0.1, 0.15) is 74.7 Å². The lowest BCUT2D eigenvalue weighted by Crippen LogP contribution is -2.65. The van der Waals surface area contributed by atoms with Gasteiger partial charge in [0.1, 0.15) is 23.9 Å². The molecule has 4 saturated heterocycles. The van der Waals surface area contributed by atoms with Crippen molar-refractivity contribution in [3.63, 3.8) is 0 Å². The first-order chi connectivity index (χ1) is 21.9. The normalized spacial score (nSPS) is 44.4. The number of likely N-dealkylation sites (N-methyl/N-ethyl adjacent to an activating group) is 1. The predicted octanol–water partition coefficient (Wildman–Crippen LogP) is 2.16. The average Bonchev–Trinajstić information content (AvgIpc) is 3.25. The Hall–Kier alpha value is -2.16. The van der Waals surface area contributed by atoms with Crippen LogP contribution in [0.5, 0.6) is 0 Å². The largest absolute Gasteiger partial charge is 0.458 e. The molecule has 0 bridgehead atoms. The molecule has 0 radical (unpaired) electrons. The van der Waals surface area contributed by atoms with Crippen molar-refractivity contribution >= 4 is 23.6 Å². The zero-order chi connectivity index (χ0) is 35.2. The molecule has 0 saturated carbocycles. The first kappa shape index (κ1) is 37.7. The number of esters is 1. The summed E-state index contributed by atoms with van der Waals surface area (Å²) in [6.45, 7) is 15.1. The second-order valence-electron chi connectivity index (χ2n) is 14.9. The van der Waals surface area contributed by atoms with Gasteiger partial charge in [-0.15, -0.1) is 0 Å². The molecule has 0 aliphatic carbocycles. The van der Waals surface area contributed by atoms with E-state index in [4.69, 9.17) is 23.7 Å². The number of cyclic esters (lactones) is 1. The number of nitrogens with one attached hydrogen (secondary N) is 1. The highest BCUT2D eigenvalue weighted by Crippen LogP contribution is 2.44. The number of aliphatic hydroxyl groups is 1. The SMILES string of the molecule is CC[C@@H]1OC(=O)[C@H](C)C(=O)[C@@H](C)[C@H](O[C@@H]2O[C@H](C)C[C@H](N(C)C)[C@@H]2O)C(C)(OC)C[C@H](C)C(=O)[C@H](C)[C@H]2N(C3CNC3)C(=O)OC12C. The number of rotatable bonds is 6. The van der Waals surface area contributed by atoms with Crippen LogP contribution < -0.4 is 5.32 Å². The summed E-state index contributed by atoms with van der Waals surface area (Å²) in [4.78, 5) is 59.3. The van der Waals surface area contributed by atoms with Gasteiger partial charge in [-0.05, 0) is 61.1 Å². The highest BCUT2D eigenvalue weighted by atomic mass is 16.7. The van der Waals surface area contributed by atoms with E-state index in [1.165, 1.54) is 14.0 Å². The quantitative estimate of drug-likeness (QED) is 0.315. The van der Waals surface area contributed by atoms with E-state index < -0.39 is 83.4 Å². The van der Waals surface area contributed by atoms with E-state index in [0.717, 1.165) is 0 Å². The topological polar surface area (TPSA) is 153 Å². The highest BCUT2D eigenvalue weighted by molar-refractivity contribution is 6.00. The summed E-state index contributed by atoms with van der Waals surface area (Å²) in [5, 5.41) is 14.5. The maximum Gasteiger partial charge on any atom is 0.411 e. The molecule has 13 heteroatoms. The van der Waals surface area contributed by atoms with Crippen molar-refractivity contribution in [1.82, 2.24) is 15.1 Å². The molecule has 2 unspecified atom stereocenters. The Balaban J connectivity index is 1.78. The van der Waals surface area contributed by atoms with Crippen LogP contribution >= 0.6 is 0 Å². The molecule has 0 aromatic carbocycles. The zero-order valence-corrected chi connectivity index (χ0v) is 30.0. The summed E-state index contributed by atoms with van der Waals surface area (Å²) in [5.41, 5.74) is -2.57. The van der Waals surface area contributed by atoms with Gasteiger partial charge < -0.3 is 39.0 Å². The van der Waals surface area contributed by atoms with Crippen molar-refractivity contribution in [3.05, 3.63) is 0 Å². The Labute approximate surface area is 279 Å². The molecule has 13 nitrogen and oxygen atoms in total. The van der Waals surface area contributed by atoms with Gasteiger partial charge in [0.05, 0.1) is 29.9 Å².